The lowest BCUT2D eigenvalue weighted by Crippen LogP contribution is -2.52. The molecule has 0 aliphatic rings. The summed E-state index contributed by atoms with van der Waals surface area (Å²) in [4.78, 5) is 11.2. The third-order valence-corrected chi connectivity index (χ3v) is 2.48. The van der Waals surface area contributed by atoms with Crippen molar-refractivity contribution in [1.82, 2.24) is 5.32 Å². The summed E-state index contributed by atoms with van der Waals surface area (Å²) in [5.41, 5.74) is -0.876. The molecule has 0 aliphatic heterocycles. The van der Waals surface area contributed by atoms with Gasteiger partial charge in [-0.3, -0.25) is 10.1 Å². The van der Waals surface area contributed by atoms with E-state index in [2.05, 4.69) is 5.32 Å². The number of methoxy groups -OCH3 is 1. The number of carboxylic acid groups (broad SMARTS) is 1. The third kappa shape index (κ3) is 7.31. The molecule has 0 heterocycles. The first-order valence-electron chi connectivity index (χ1n) is 6.00. The summed E-state index contributed by atoms with van der Waals surface area (Å²) in [6.07, 6.45) is 1.26. The van der Waals surface area contributed by atoms with Gasteiger partial charge in [0.2, 0.25) is 0 Å². The highest BCUT2D eigenvalue weighted by Crippen LogP contribution is 2.14. The number of carbonyl (C=O) groups is 1. The van der Waals surface area contributed by atoms with Crippen molar-refractivity contribution in [3.05, 3.63) is 0 Å². The van der Waals surface area contributed by atoms with Gasteiger partial charge in [0.1, 0.15) is 5.54 Å². The van der Waals surface area contributed by atoms with E-state index in [0.29, 0.717) is 32.7 Å². The van der Waals surface area contributed by atoms with E-state index < -0.39 is 11.5 Å². The van der Waals surface area contributed by atoms with E-state index in [4.69, 9.17) is 9.47 Å². The first-order valence-corrected chi connectivity index (χ1v) is 6.00. The van der Waals surface area contributed by atoms with Crippen LogP contribution in [0.15, 0.2) is 0 Å². The lowest BCUT2D eigenvalue weighted by atomic mass is 9.95. The Balaban J connectivity index is 3.89. The highest BCUT2D eigenvalue weighted by molar-refractivity contribution is 5.78. The second kappa shape index (κ2) is 8.44. The molecule has 0 rings (SSSR count). The van der Waals surface area contributed by atoms with Gasteiger partial charge in [-0.25, -0.2) is 0 Å². The topological polar surface area (TPSA) is 67.8 Å². The van der Waals surface area contributed by atoms with Crippen LogP contribution in [0, 0.1) is 0 Å². The smallest absolute Gasteiger partial charge is 0.323 e. The van der Waals surface area contributed by atoms with Crippen LogP contribution >= 0.6 is 0 Å². The Morgan fingerprint density at radius 2 is 2.00 bits per heavy atom. The molecule has 0 spiro atoms. The Morgan fingerprint density at radius 1 is 1.35 bits per heavy atom. The zero-order chi connectivity index (χ0) is 13.3. The molecular formula is C12H25NO4. The van der Waals surface area contributed by atoms with Crippen molar-refractivity contribution in [2.45, 2.75) is 45.2 Å². The van der Waals surface area contributed by atoms with E-state index >= 15 is 0 Å². The molecule has 5 heteroatoms. The molecule has 0 bridgehead atoms. The van der Waals surface area contributed by atoms with Gasteiger partial charge in [-0.2, -0.15) is 0 Å². The maximum Gasteiger partial charge on any atom is 0.323 e. The average molecular weight is 247 g/mol. The first kappa shape index (κ1) is 16.4. The van der Waals surface area contributed by atoms with E-state index in [1.807, 2.05) is 13.8 Å². The minimum atomic E-state index is -0.876. The molecule has 0 aliphatic carbocycles. The van der Waals surface area contributed by atoms with Crippen molar-refractivity contribution in [1.29, 1.82) is 0 Å². The summed E-state index contributed by atoms with van der Waals surface area (Å²) in [5.74, 6) is -0.817. The van der Waals surface area contributed by atoms with Crippen LogP contribution in [0.3, 0.4) is 0 Å². The van der Waals surface area contributed by atoms with Gasteiger partial charge < -0.3 is 14.6 Å². The molecule has 102 valence electrons. The SMILES string of the molecule is COCCOCCCC(C)(NC(C)C)C(=O)O. The molecule has 1 atom stereocenters. The minimum Gasteiger partial charge on any atom is -0.480 e. The van der Waals surface area contributed by atoms with Gasteiger partial charge in [-0.05, 0) is 33.6 Å². The third-order valence-electron chi connectivity index (χ3n) is 2.48. The van der Waals surface area contributed by atoms with E-state index in [-0.39, 0.29) is 6.04 Å². The number of hydrogen-bond donors (Lipinski definition) is 2. The van der Waals surface area contributed by atoms with Gasteiger partial charge in [0.25, 0.3) is 0 Å². The maximum absolute atomic E-state index is 11.2. The zero-order valence-corrected chi connectivity index (χ0v) is 11.3. The Hall–Kier alpha value is -0.650. The lowest BCUT2D eigenvalue weighted by molar-refractivity contribution is -0.145. The van der Waals surface area contributed by atoms with Crippen molar-refractivity contribution in [2.75, 3.05) is 26.9 Å². The number of nitrogens with one attached hydrogen (secondary N) is 1. The van der Waals surface area contributed by atoms with Crippen molar-refractivity contribution < 1.29 is 19.4 Å². The van der Waals surface area contributed by atoms with Crippen LogP contribution in [-0.2, 0) is 14.3 Å². The van der Waals surface area contributed by atoms with Crippen LogP contribution in [0.4, 0.5) is 0 Å². The van der Waals surface area contributed by atoms with Crippen LogP contribution in [0.2, 0.25) is 0 Å². The Bertz CT molecular complexity index is 221. The molecule has 0 fully saturated rings. The summed E-state index contributed by atoms with van der Waals surface area (Å²) in [6, 6.07) is 0.144. The second-order valence-electron chi connectivity index (χ2n) is 4.65. The fourth-order valence-corrected chi connectivity index (χ4v) is 1.65. The first-order chi connectivity index (χ1) is 7.92. The molecule has 5 nitrogen and oxygen atoms in total. The molecule has 0 aromatic rings. The molecule has 0 aromatic heterocycles. The normalized spacial score (nSPS) is 14.9. The Morgan fingerprint density at radius 3 is 2.47 bits per heavy atom. The number of carboxylic acids is 1. The highest BCUT2D eigenvalue weighted by Gasteiger charge is 2.32. The summed E-state index contributed by atoms with van der Waals surface area (Å²) in [6.45, 7) is 7.28. The summed E-state index contributed by atoms with van der Waals surface area (Å²) < 4.78 is 10.2. The number of hydrogen-bond acceptors (Lipinski definition) is 4. The van der Waals surface area contributed by atoms with Crippen molar-refractivity contribution in [2.24, 2.45) is 0 Å². The second-order valence-corrected chi connectivity index (χ2v) is 4.65. The van der Waals surface area contributed by atoms with Gasteiger partial charge >= 0.3 is 5.97 Å². The largest absolute Gasteiger partial charge is 0.480 e. The quantitative estimate of drug-likeness (QED) is 0.569. The monoisotopic (exact) mass is 247 g/mol. The van der Waals surface area contributed by atoms with Gasteiger partial charge in [-0.15, -0.1) is 0 Å². The van der Waals surface area contributed by atoms with Crippen LogP contribution in [0.5, 0.6) is 0 Å². The lowest BCUT2D eigenvalue weighted by Gasteiger charge is -2.28. The standard InChI is InChI=1S/C12H25NO4/c1-10(2)13-12(3,11(14)15)6-5-7-17-9-8-16-4/h10,13H,5-9H2,1-4H3,(H,14,15). The van der Waals surface area contributed by atoms with Gasteiger partial charge in [0.05, 0.1) is 13.2 Å². The molecule has 1 unspecified atom stereocenters. The molecule has 17 heavy (non-hydrogen) atoms. The van der Waals surface area contributed by atoms with Crippen LogP contribution in [-0.4, -0.2) is 49.6 Å². The van der Waals surface area contributed by atoms with Gasteiger partial charge in [0.15, 0.2) is 0 Å². The van der Waals surface area contributed by atoms with Crippen molar-refractivity contribution in [3.8, 4) is 0 Å². The number of ether oxygens (including phenoxy) is 2. The molecule has 0 saturated heterocycles. The highest BCUT2D eigenvalue weighted by atomic mass is 16.5. The molecule has 0 radical (unpaired) electrons. The van der Waals surface area contributed by atoms with E-state index in [9.17, 15) is 9.90 Å². The Kier molecular flexibility index (Phi) is 8.12. The van der Waals surface area contributed by atoms with Gasteiger partial charge in [-0.1, -0.05) is 0 Å². The van der Waals surface area contributed by atoms with Crippen LogP contribution < -0.4 is 5.32 Å². The van der Waals surface area contributed by atoms with Gasteiger partial charge in [0, 0.05) is 19.8 Å². The molecular weight excluding hydrogens is 222 g/mol. The summed E-state index contributed by atoms with van der Waals surface area (Å²) >= 11 is 0. The van der Waals surface area contributed by atoms with E-state index in [0.717, 1.165) is 0 Å². The Labute approximate surface area is 103 Å². The number of rotatable bonds is 10. The number of aliphatic carboxylic acids is 1. The van der Waals surface area contributed by atoms with Crippen molar-refractivity contribution >= 4 is 5.97 Å². The predicted molar refractivity (Wildman–Crippen MR) is 66.2 cm³/mol. The molecule has 2 N–H and O–H groups in total. The molecule has 0 aromatic carbocycles. The maximum atomic E-state index is 11.2. The van der Waals surface area contributed by atoms with E-state index in [1.165, 1.54) is 0 Å². The van der Waals surface area contributed by atoms with Crippen molar-refractivity contribution in [3.63, 3.8) is 0 Å². The summed E-state index contributed by atoms with van der Waals surface area (Å²) in [7, 11) is 1.62. The van der Waals surface area contributed by atoms with Crippen LogP contribution in [0.25, 0.3) is 0 Å². The predicted octanol–water partition coefficient (Wildman–Crippen LogP) is 1.27. The molecule has 0 amide bonds. The zero-order valence-electron chi connectivity index (χ0n) is 11.3. The van der Waals surface area contributed by atoms with E-state index in [1.54, 1.807) is 14.0 Å². The minimum absolute atomic E-state index is 0.144. The molecule has 0 saturated carbocycles. The fraction of sp³-hybridized carbons (Fsp3) is 0.917. The fourth-order valence-electron chi connectivity index (χ4n) is 1.65. The summed E-state index contributed by atoms with van der Waals surface area (Å²) in [5, 5.41) is 12.3. The average Bonchev–Trinajstić information content (AvgIpc) is 2.22. The van der Waals surface area contributed by atoms with Crippen LogP contribution in [0.1, 0.15) is 33.6 Å².